The molecule has 1 fully saturated rings. The standard InChI is InChI=1S/C14H23BN2O4/c1-16-6-8-17(9-7-16)5-2-10-21-14-11-12(15(19)20)3-4-13(14)18/h3-4,11,18-20H,2,5-10H2,1H3. The van der Waals surface area contributed by atoms with E-state index in [9.17, 15) is 5.11 Å². The molecule has 1 aromatic rings. The van der Waals surface area contributed by atoms with E-state index in [1.54, 1.807) is 0 Å². The van der Waals surface area contributed by atoms with Crippen LogP contribution < -0.4 is 10.2 Å². The van der Waals surface area contributed by atoms with E-state index in [0.717, 1.165) is 39.1 Å². The lowest BCUT2D eigenvalue weighted by atomic mass is 9.80. The Morgan fingerprint density at radius 2 is 1.90 bits per heavy atom. The SMILES string of the molecule is CN1CCN(CCCOc2cc(B(O)O)ccc2O)CC1. The number of benzene rings is 1. The van der Waals surface area contributed by atoms with E-state index in [2.05, 4.69) is 16.8 Å². The molecule has 1 aromatic carbocycles. The van der Waals surface area contributed by atoms with Crippen molar-refractivity contribution in [2.24, 2.45) is 0 Å². The zero-order valence-electron chi connectivity index (χ0n) is 12.4. The van der Waals surface area contributed by atoms with Crippen LogP contribution in [0.5, 0.6) is 11.5 Å². The number of phenolic OH excluding ortho intramolecular Hbond substituents is 1. The first kappa shape index (κ1) is 16.1. The minimum atomic E-state index is -1.56. The van der Waals surface area contributed by atoms with Gasteiger partial charge in [0.05, 0.1) is 6.61 Å². The zero-order valence-corrected chi connectivity index (χ0v) is 12.4. The number of likely N-dealkylation sites (N-methyl/N-ethyl adjacent to an activating group) is 1. The maximum atomic E-state index is 9.69. The first-order valence-corrected chi connectivity index (χ1v) is 7.29. The molecule has 2 rings (SSSR count). The lowest BCUT2D eigenvalue weighted by Crippen LogP contribution is -2.44. The van der Waals surface area contributed by atoms with Gasteiger partial charge in [-0.3, -0.25) is 0 Å². The van der Waals surface area contributed by atoms with Crippen molar-refractivity contribution in [2.75, 3.05) is 46.4 Å². The van der Waals surface area contributed by atoms with Gasteiger partial charge in [-0.15, -0.1) is 0 Å². The maximum Gasteiger partial charge on any atom is 0.488 e. The molecule has 0 bridgehead atoms. The van der Waals surface area contributed by atoms with Gasteiger partial charge in [-0.05, 0) is 31.1 Å². The van der Waals surface area contributed by atoms with Crippen molar-refractivity contribution in [2.45, 2.75) is 6.42 Å². The van der Waals surface area contributed by atoms with Gasteiger partial charge in [-0.2, -0.15) is 0 Å². The molecule has 0 aliphatic carbocycles. The molecule has 0 spiro atoms. The summed E-state index contributed by atoms with van der Waals surface area (Å²) in [6, 6.07) is 4.32. The molecule has 21 heavy (non-hydrogen) atoms. The molecule has 1 saturated heterocycles. The van der Waals surface area contributed by atoms with Crippen LogP contribution in [0.4, 0.5) is 0 Å². The normalized spacial score (nSPS) is 16.9. The Balaban J connectivity index is 1.74. The van der Waals surface area contributed by atoms with Crippen LogP contribution >= 0.6 is 0 Å². The van der Waals surface area contributed by atoms with Crippen LogP contribution in [0, 0.1) is 0 Å². The number of hydrogen-bond acceptors (Lipinski definition) is 6. The average molecular weight is 294 g/mol. The fourth-order valence-corrected chi connectivity index (χ4v) is 2.35. The topological polar surface area (TPSA) is 76.4 Å². The highest BCUT2D eigenvalue weighted by Gasteiger charge is 2.15. The smallest absolute Gasteiger partial charge is 0.488 e. The zero-order chi connectivity index (χ0) is 15.2. The van der Waals surface area contributed by atoms with Crippen molar-refractivity contribution >= 4 is 12.6 Å². The van der Waals surface area contributed by atoms with Crippen LogP contribution in [0.25, 0.3) is 0 Å². The molecule has 0 radical (unpaired) electrons. The molecule has 0 saturated carbocycles. The summed E-state index contributed by atoms with van der Waals surface area (Å²) in [7, 11) is 0.574. The highest BCUT2D eigenvalue weighted by molar-refractivity contribution is 6.58. The summed E-state index contributed by atoms with van der Waals surface area (Å²) in [5.41, 5.74) is 0.307. The van der Waals surface area contributed by atoms with Gasteiger partial charge in [-0.1, -0.05) is 6.07 Å². The van der Waals surface area contributed by atoms with Gasteiger partial charge in [0, 0.05) is 32.7 Å². The van der Waals surface area contributed by atoms with Crippen LogP contribution in [-0.4, -0.2) is 78.5 Å². The third-order valence-electron chi connectivity index (χ3n) is 3.75. The summed E-state index contributed by atoms with van der Waals surface area (Å²) in [6.07, 6.45) is 0.870. The Bertz CT molecular complexity index is 451. The number of nitrogens with zero attached hydrogens (tertiary/aromatic N) is 2. The second kappa shape index (κ2) is 7.65. The number of aromatic hydroxyl groups is 1. The van der Waals surface area contributed by atoms with Gasteiger partial charge in [0.25, 0.3) is 0 Å². The molecule has 1 heterocycles. The number of rotatable bonds is 6. The third kappa shape index (κ3) is 4.89. The maximum absolute atomic E-state index is 9.69. The molecule has 116 valence electrons. The molecule has 6 nitrogen and oxygen atoms in total. The molecule has 0 aromatic heterocycles. The quantitative estimate of drug-likeness (QED) is 0.466. The Labute approximate surface area is 125 Å². The Kier molecular flexibility index (Phi) is 5.87. The average Bonchev–Trinajstić information content (AvgIpc) is 2.47. The Morgan fingerprint density at radius 3 is 2.57 bits per heavy atom. The van der Waals surface area contributed by atoms with Crippen molar-refractivity contribution in [3.8, 4) is 11.5 Å². The Morgan fingerprint density at radius 1 is 1.19 bits per heavy atom. The number of ether oxygens (including phenoxy) is 1. The molecule has 0 unspecified atom stereocenters. The number of hydrogen-bond donors (Lipinski definition) is 3. The van der Waals surface area contributed by atoms with Gasteiger partial charge in [0.15, 0.2) is 11.5 Å². The van der Waals surface area contributed by atoms with Gasteiger partial charge in [0.2, 0.25) is 0 Å². The highest BCUT2D eigenvalue weighted by atomic mass is 16.5. The summed E-state index contributed by atoms with van der Waals surface area (Å²) in [4.78, 5) is 4.72. The largest absolute Gasteiger partial charge is 0.504 e. The predicted molar refractivity (Wildman–Crippen MR) is 82.0 cm³/mol. The lowest BCUT2D eigenvalue weighted by Gasteiger charge is -2.32. The molecule has 1 aliphatic rings. The minimum absolute atomic E-state index is 0.0130. The molecular weight excluding hydrogens is 271 g/mol. The van der Waals surface area contributed by atoms with Crippen LogP contribution in [-0.2, 0) is 0 Å². The molecule has 7 heteroatoms. The van der Waals surface area contributed by atoms with Crippen LogP contribution in [0.3, 0.4) is 0 Å². The number of phenols is 1. The van der Waals surface area contributed by atoms with E-state index in [1.165, 1.54) is 18.2 Å². The molecule has 0 amide bonds. The Hall–Kier alpha value is -1.28. The second-order valence-corrected chi connectivity index (χ2v) is 5.45. The van der Waals surface area contributed by atoms with E-state index < -0.39 is 7.12 Å². The van der Waals surface area contributed by atoms with Crippen molar-refractivity contribution in [1.29, 1.82) is 0 Å². The molecule has 0 atom stereocenters. The van der Waals surface area contributed by atoms with E-state index in [0.29, 0.717) is 17.8 Å². The summed E-state index contributed by atoms with van der Waals surface area (Å²) in [5.74, 6) is 0.304. The van der Waals surface area contributed by atoms with Crippen molar-refractivity contribution in [1.82, 2.24) is 9.80 Å². The van der Waals surface area contributed by atoms with Crippen LogP contribution in [0.1, 0.15) is 6.42 Å². The van der Waals surface area contributed by atoms with Crippen molar-refractivity contribution in [3.63, 3.8) is 0 Å². The van der Waals surface area contributed by atoms with E-state index in [4.69, 9.17) is 14.8 Å². The molecule has 1 aliphatic heterocycles. The fraction of sp³-hybridized carbons (Fsp3) is 0.571. The summed E-state index contributed by atoms with van der Waals surface area (Å²) in [5, 5.41) is 27.9. The van der Waals surface area contributed by atoms with E-state index in [1.807, 2.05) is 0 Å². The van der Waals surface area contributed by atoms with Gasteiger partial charge < -0.3 is 29.7 Å². The number of piperazine rings is 1. The summed E-state index contributed by atoms with van der Waals surface area (Å²) in [6.45, 7) is 5.81. The van der Waals surface area contributed by atoms with Crippen molar-refractivity contribution < 1.29 is 19.9 Å². The van der Waals surface area contributed by atoms with Gasteiger partial charge >= 0.3 is 7.12 Å². The van der Waals surface area contributed by atoms with E-state index >= 15 is 0 Å². The third-order valence-corrected chi connectivity index (χ3v) is 3.75. The van der Waals surface area contributed by atoms with Gasteiger partial charge in [-0.25, -0.2) is 0 Å². The van der Waals surface area contributed by atoms with Crippen LogP contribution in [0.15, 0.2) is 18.2 Å². The second-order valence-electron chi connectivity index (χ2n) is 5.45. The fourth-order valence-electron chi connectivity index (χ4n) is 2.35. The molecule has 3 N–H and O–H groups in total. The first-order chi connectivity index (χ1) is 10.1. The predicted octanol–water partition coefficient (Wildman–Crippen LogP) is -0.912. The van der Waals surface area contributed by atoms with Crippen LogP contribution in [0.2, 0.25) is 0 Å². The lowest BCUT2D eigenvalue weighted by molar-refractivity contribution is 0.145. The highest BCUT2D eigenvalue weighted by Crippen LogP contribution is 2.23. The summed E-state index contributed by atoms with van der Waals surface area (Å²) < 4.78 is 5.53. The molecular formula is C14H23BN2O4. The van der Waals surface area contributed by atoms with Crippen molar-refractivity contribution in [3.05, 3.63) is 18.2 Å². The van der Waals surface area contributed by atoms with Gasteiger partial charge in [0.1, 0.15) is 0 Å². The van der Waals surface area contributed by atoms with E-state index in [-0.39, 0.29) is 5.75 Å². The minimum Gasteiger partial charge on any atom is -0.504 e. The monoisotopic (exact) mass is 294 g/mol. The summed E-state index contributed by atoms with van der Waals surface area (Å²) >= 11 is 0. The first-order valence-electron chi connectivity index (χ1n) is 7.29.